The number of benzene rings is 15. The fourth-order valence-corrected chi connectivity index (χ4v) is 15.3. The van der Waals surface area contributed by atoms with Gasteiger partial charge in [-0.05, 0) is 217 Å². The van der Waals surface area contributed by atoms with E-state index in [1.807, 2.05) is 0 Å². The Morgan fingerprint density at radius 3 is 1.36 bits per heavy atom. The summed E-state index contributed by atoms with van der Waals surface area (Å²) in [4.78, 5) is 4.90. The Morgan fingerprint density at radius 1 is 0.216 bits per heavy atom. The molecular weight excluding hydrogens is 1060 g/mol. The SMILES string of the molecule is CC1(C)c2ccccc2-c2ccc(N(c3ccccc3)c3ccc4c(-c5ccc6ccccc6c5)c5cc(N(c6ccccc6)c6ccc(-c7cccc8ccccc78)cc6)ccc5c(-c5ccc6c(c5)C(C)(C)c5cccc7cccc-6c57)c4c3)cc21. The monoisotopic (exact) mass is 1120 g/mol. The van der Waals surface area contributed by atoms with Crippen LogP contribution in [0.2, 0.25) is 0 Å². The molecule has 0 fully saturated rings. The summed E-state index contributed by atoms with van der Waals surface area (Å²) in [7, 11) is 0. The summed E-state index contributed by atoms with van der Waals surface area (Å²) in [5.41, 5.74) is 23.9. The van der Waals surface area contributed by atoms with Crippen molar-refractivity contribution in [2.45, 2.75) is 38.5 Å². The van der Waals surface area contributed by atoms with Crippen LogP contribution in [0.1, 0.15) is 49.9 Å². The van der Waals surface area contributed by atoms with E-state index in [4.69, 9.17) is 0 Å². The van der Waals surface area contributed by atoms with Crippen molar-refractivity contribution in [3.05, 3.63) is 326 Å². The van der Waals surface area contributed by atoms with Gasteiger partial charge in [-0.15, -0.1) is 0 Å². The second kappa shape index (κ2) is 19.9. The van der Waals surface area contributed by atoms with Gasteiger partial charge in [-0.3, -0.25) is 0 Å². The van der Waals surface area contributed by atoms with E-state index in [2.05, 4.69) is 341 Å². The van der Waals surface area contributed by atoms with Crippen LogP contribution >= 0.6 is 0 Å². The largest absolute Gasteiger partial charge is 0.310 e. The van der Waals surface area contributed by atoms with Crippen molar-refractivity contribution in [3.8, 4) is 55.6 Å². The molecule has 0 radical (unpaired) electrons. The molecule has 2 aliphatic rings. The third-order valence-electron chi connectivity index (χ3n) is 19.6. The highest BCUT2D eigenvalue weighted by atomic mass is 15.1. The summed E-state index contributed by atoms with van der Waals surface area (Å²) in [6, 6.07) is 114. The lowest BCUT2D eigenvalue weighted by molar-refractivity contribution is 0.645. The molecule has 0 bridgehead atoms. The van der Waals surface area contributed by atoms with Crippen LogP contribution in [0.5, 0.6) is 0 Å². The molecule has 2 aliphatic carbocycles. The Kier molecular flexibility index (Phi) is 11.7. The summed E-state index contributed by atoms with van der Waals surface area (Å²) >= 11 is 0. The van der Waals surface area contributed by atoms with Crippen LogP contribution in [0.3, 0.4) is 0 Å². The van der Waals surface area contributed by atoms with Gasteiger partial charge >= 0.3 is 0 Å². The van der Waals surface area contributed by atoms with Crippen LogP contribution < -0.4 is 9.80 Å². The number of hydrogen-bond donors (Lipinski definition) is 0. The van der Waals surface area contributed by atoms with Crippen molar-refractivity contribution < 1.29 is 0 Å². The molecule has 0 saturated heterocycles. The molecule has 0 aromatic heterocycles. The Bertz CT molecular complexity index is 5310. The van der Waals surface area contributed by atoms with Gasteiger partial charge in [0.05, 0.1) is 0 Å². The first-order valence-electron chi connectivity index (χ1n) is 30.9. The molecule has 15 aromatic carbocycles. The van der Waals surface area contributed by atoms with Crippen molar-refractivity contribution in [2.24, 2.45) is 0 Å². The first kappa shape index (κ1) is 51.6. The molecule has 17 rings (SSSR count). The fraction of sp³-hybridized carbons (Fsp3) is 0.0698. The van der Waals surface area contributed by atoms with Crippen LogP contribution in [0.4, 0.5) is 34.1 Å². The van der Waals surface area contributed by atoms with Crippen LogP contribution in [-0.2, 0) is 10.8 Å². The number of anilines is 6. The molecule has 15 aromatic rings. The maximum absolute atomic E-state index is 2.54. The Labute approximate surface area is 514 Å². The smallest absolute Gasteiger partial charge is 0.0468 e. The van der Waals surface area contributed by atoms with Crippen molar-refractivity contribution in [1.82, 2.24) is 0 Å². The Balaban J connectivity index is 0.941. The molecule has 0 aliphatic heterocycles. The molecular formula is C86H62N2. The lowest BCUT2D eigenvalue weighted by Crippen LogP contribution is -2.23. The van der Waals surface area contributed by atoms with Crippen LogP contribution in [0.25, 0.3) is 109 Å². The second-order valence-corrected chi connectivity index (χ2v) is 25.2. The third-order valence-corrected chi connectivity index (χ3v) is 19.6. The van der Waals surface area contributed by atoms with Crippen molar-refractivity contribution in [1.29, 1.82) is 0 Å². The highest BCUT2D eigenvalue weighted by Gasteiger charge is 2.37. The number of rotatable bonds is 9. The second-order valence-electron chi connectivity index (χ2n) is 25.2. The number of para-hydroxylation sites is 2. The van der Waals surface area contributed by atoms with Gasteiger partial charge < -0.3 is 9.80 Å². The molecule has 416 valence electrons. The van der Waals surface area contributed by atoms with E-state index in [-0.39, 0.29) is 10.8 Å². The van der Waals surface area contributed by atoms with E-state index < -0.39 is 0 Å². The van der Waals surface area contributed by atoms with E-state index in [0.717, 1.165) is 34.1 Å². The minimum atomic E-state index is -0.279. The number of hydrogen-bond acceptors (Lipinski definition) is 2. The highest BCUT2D eigenvalue weighted by molar-refractivity contribution is 6.23. The van der Waals surface area contributed by atoms with Crippen molar-refractivity contribution in [3.63, 3.8) is 0 Å². The first-order chi connectivity index (χ1) is 43.2. The molecule has 2 heteroatoms. The van der Waals surface area contributed by atoms with E-state index in [1.165, 1.54) is 132 Å². The predicted octanol–water partition coefficient (Wildman–Crippen LogP) is 24.0. The molecule has 0 saturated carbocycles. The lowest BCUT2D eigenvalue weighted by Gasteiger charge is -2.35. The maximum atomic E-state index is 2.54. The van der Waals surface area contributed by atoms with Crippen LogP contribution in [0, 0.1) is 0 Å². The summed E-state index contributed by atoms with van der Waals surface area (Å²) in [5.74, 6) is 0. The molecule has 0 unspecified atom stereocenters. The molecule has 0 heterocycles. The van der Waals surface area contributed by atoms with Crippen molar-refractivity contribution >= 4 is 88.0 Å². The van der Waals surface area contributed by atoms with E-state index in [1.54, 1.807) is 0 Å². The minimum Gasteiger partial charge on any atom is -0.310 e. The van der Waals surface area contributed by atoms with E-state index in [0.29, 0.717) is 0 Å². The van der Waals surface area contributed by atoms with Crippen LogP contribution in [0.15, 0.2) is 303 Å². The zero-order valence-electron chi connectivity index (χ0n) is 49.8. The quantitative estimate of drug-likeness (QED) is 0.133. The zero-order chi connectivity index (χ0) is 58.8. The Hall–Kier alpha value is -10.8. The van der Waals surface area contributed by atoms with Crippen molar-refractivity contribution in [2.75, 3.05) is 9.80 Å². The minimum absolute atomic E-state index is 0.170. The average molecular weight is 1120 g/mol. The zero-order valence-corrected chi connectivity index (χ0v) is 49.8. The predicted molar refractivity (Wildman–Crippen MR) is 375 cm³/mol. The van der Waals surface area contributed by atoms with Gasteiger partial charge in [0, 0.05) is 45.0 Å². The first-order valence-corrected chi connectivity index (χ1v) is 30.9. The molecule has 0 spiro atoms. The van der Waals surface area contributed by atoms with Crippen LogP contribution in [-0.4, -0.2) is 0 Å². The highest BCUT2D eigenvalue weighted by Crippen LogP contribution is 2.55. The van der Waals surface area contributed by atoms with Gasteiger partial charge in [0.1, 0.15) is 0 Å². The topological polar surface area (TPSA) is 6.48 Å². The molecule has 0 atom stereocenters. The number of nitrogens with zero attached hydrogens (tertiary/aromatic N) is 2. The summed E-state index contributed by atoms with van der Waals surface area (Å²) < 4.78 is 0. The summed E-state index contributed by atoms with van der Waals surface area (Å²) in [5, 5.41) is 12.3. The third kappa shape index (κ3) is 8.02. The lowest BCUT2D eigenvalue weighted by atomic mass is 9.68. The molecule has 2 nitrogen and oxygen atoms in total. The normalized spacial score (nSPS) is 13.4. The molecule has 88 heavy (non-hydrogen) atoms. The van der Waals surface area contributed by atoms with Gasteiger partial charge in [0.15, 0.2) is 0 Å². The maximum Gasteiger partial charge on any atom is 0.0468 e. The standard InChI is InChI=1S/C86H62N2/c1-85(2)78-34-16-15-31-70(78)71-47-43-67(54-81(71)85)88(63-28-9-6-10-29-63)66-45-49-74-77(53-66)83(61-40-46-72-73-33-18-24-58-25-19-35-79(84(58)73)86(3,4)80(72)51-61)75-48-44-65(52-76(75)82(74)60-37-36-55-20-11-12-22-59(55)50-60)87(62-26-7-5-8-27-62)64-41-38-57(39-42-64)69-32-17-23-56-21-13-14-30-68(56)69/h5-54H,1-4H3. The Morgan fingerprint density at radius 2 is 0.648 bits per heavy atom. The molecule has 0 amide bonds. The van der Waals surface area contributed by atoms with Gasteiger partial charge in [-0.1, -0.05) is 246 Å². The van der Waals surface area contributed by atoms with Gasteiger partial charge in [0.2, 0.25) is 0 Å². The van der Waals surface area contributed by atoms with Gasteiger partial charge in [0.25, 0.3) is 0 Å². The fourth-order valence-electron chi connectivity index (χ4n) is 15.3. The van der Waals surface area contributed by atoms with E-state index in [9.17, 15) is 0 Å². The van der Waals surface area contributed by atoms with E-state index >= 15 is 0 Å². The average Bonchev–Trinajstić information content (AvgIpc) is 0.833. The summed E-state index contributed by atoms with van der Waals surface area (Å²) in [6.45, 7) is 9.60. The number of fused-ring (bicyclic) bond motifs is 9. The summed E-state index contributed by atoms with van der Waals surface area (Å²) in [6.07, 6.45) is 0. The molecule has 0 N–H and O–H groups in total. The van der Waals surface area contributed by atoms with Gasteiger partial charge in [-0.2, -0.15) is 0 Å². The van der Waals surface area contributed by atoms with Gasteiger partial charge in [-0.25, -0.2) is 0 Å².